The molecule has 1 aromatic heterocycles. The Kier molecular flexibility index (Phi) is 6.44. The van der Waals surface area contributed by atoms with Gasteiger partial charge in [0.1, 0.15) is 5.76 Å². The molecular formula is C24H27N3O4. The van der Waals surface area contributed by atoms with Gasteiger partial charge in [0, 0.05) is 44.1 Å². The molecule has 2 aliphatic heterocycles. The predicted molar refractivity (Wildman–Crippen MR) is 116 cm³/mol. The summed E-state index contributed by atoms with van der Waals surface area (Å²) in [4.78, 5) is 34.0. The lowest BCUT2D eigenvalue weighted by Crippen LogP contribution is -2.39. The highest BCUT2D eigenvalue weighted by Crippen LogP contribution is 2.39. The number of benzene rings is 1. The molecule has 2 aliphatic rings. The van der Waals surface area contributed by atoms with Crippen LogP contribution in [0.15, 0.2) is 54.4 Å². The molecule has 162 valence electrons. The predicted octanol–water partition coefficient (Wildman–Crippen LogP) is 2.53. The van der Waals surface area contributed by atoms with Gasteiger partial charge in [0.25, 0.3) is 11.7 Å². The lowest BCUT2D eigenvalue weighted by atomic mass is 9.96. The van der Waals surface area contributed by atoms with Crippen LogP contribution in [0, 0.1) is 6.92 Å². The fourth-order valence-electron chi connectivity index (χ4n) is 4.15. The van der Waals surface area contributed by atoms with Crippen LogP contribution in [0.5, 0.6) is 0 Å². The average molecular weight is 421 g/mol. The fourth-order valence-corrected chi connectivity index (χ4v) is 4.15. The van der Waals surface area contributed by atoms with Gasteiger partial charge in [0.15, 0.2) is 0 Å². The molecule has 7 nitrogen and oxygen atoms in total. The van der Waals surface area contributed by atoms with Crippen molar-refractivity contribution in [1.29, 1.82) is 0 Å². The third kappa shape index (κ3) is 4.52. The highest BCUT2D eigenvalue weighted by atomic mass is 16.5. The number of hydrogen-bond donors (Lipinski definition) is 1. The highest BCUT2D eigenvalue weighted by Gasteiger charge is 2.45. The highest BCUT2D eigenvalue weighted by molar-refractivity contribution is 6.46. The number of carbonyl (C=O) groups excluding carboxylic acids is 2. The Labute approximate surface area is 182 Å². The van der Waals surface area contributed by atoms with Crippen LogP contribution in [-0.4, -0.2) is 71.0 Å². The van der Waals surface area contributed by atoms with Crippen molar-refractivity contribution in [2.75, 3.05) is 39.4 Å². The molecule has 0 aliphatic carbocycles. The van der Waals surface area contributed by atoms with E-state index < -0.39 is 17.7 Å². The molecule has 0 unspecified atom stereocenters. The van der Waals surface area contributed by atoms with Crippen molar-refractivity contribution in [1.82, 2.24) is 14.8 Å². The lowest BCUT2D eigenvalue weighted by molar-refractivity contribution is -0.140. The first kappa shape index (κ1) is 21.2. The van der Waals surface area contributed by atoms with Crippen molar-refractivity contribution >= 4 is 17.4 Å². The zero-order chi connectivity index (χ0) is 21.8. The number of amides is 1. The van der Waals surface area contributed by atoms with E-state index in [0.717, 1.165) is 44.8 Å². The van der Waals surface area contributed by atoms with E-state index >= 15 is 0 Å². The molecule has 0 radical (unpaired) electrons. The van der Waals surface area contributed by atoms with Crippen molar-refractivity contribution in [3.05, 3.63) is 71.1 Å². The summed E-state index contributed by atoms with van der Waals surface area (Å²) in [5, 5.41) is 11.0. The van der Waals surface area contributed by atoms with Crippen LogP contribution in [-0.2, 0) is 14.3 Å². The molecular weight excluding hydrogens is 394 g/mol. The van der Waals surface area contributed by atoms with Crippen LogP contribution in [0.4, 0.5) is 0 Å². The Morgan fingerprint density at radius 3 is 2.55 bits per heavy atom. The number of nitrogens with zero attached hydrogens (tertiary/aromatic N) is 3. The molecule has 1 aromatic carbocycles. The number of ketones is 1. The Morgan fingerprint density at radius 1 is 1.13 bits per heavy atom. The summed E-state index contributed by atoms with van der Waals surface area (Å²) in [6.07, 6.45) is 4.02. The number of morpholine rings is 1. The second kappa shape index (κ2) is 9.41. The summed E-state index contributed by atoms with van der Waals surface area (Å²) >= 11 is 0. The first-order chi connectivity index (χ1) is 15.1. The van der Waals surface area contributed by atoms with Crippen LogP contribution in [0.1, 0.15) is 29.2 Å². The van der Waals surface area contributed by atoms with Gasteiger partial charge < -0.3 is 14.7 Å². The summed E-state index contributed by atoms with van der Waals surface area (Å²) in [7, 11) is 0. The Hall–Kier alpha value is -3.03. The summed E-state index contributed by atoms with van der Waals surface area (Å²) in [5.74, 6) is -1.38. The molecule has 7 heteroatoms. The smallest absolute Gasteiger partial charge is 0.295 e. The van der Waals surface area contributed by atoms with Crippen molar-refractivity contribution < 1.29 is 19.4 Å². The molecule has 31 heavy (non-hydrogen) atoms. The number of carbonyl (C=O) groups is 2. The number of rotatable bonds is 6. The first-order valence-electron chi connectivity index (χ1n) is 10.6. The van der Waals surface area contributed by atoms with Crippen molar-refractivity contribution in [3.63, 3.8) is 0 Å². The standard InChI is InChI=1S/C24H27N3O4/c1-17-5-7-18(8-6-17)22(28)20-21(19-4-2-9-25-16-19)27(24(30)23(20)29)11-3-10-26-12-14-31-15-13-26/h2,4-9,16,21,28H,3,10-15H2,1H3/b22-20+/t21-/m1/s1. The van der Waals surface area contributed by atoms with Crippen LogP contribution in [0.25, 0.3) is 5.76 Å². The molecule has 0 saturated carbocycles. The summed E-state index contributed by atoms with van der Waals surface area (Å²) in [5.41, 5.74) is 2.39. The number of aryl methyl sites for hydroxylation is 1. The molecule has 1 N–H and O–H groups in total. The Balaban J connectivity index is 1.64. The van der Waals surface area contributed by atoms with E-state index in [-0.39, 0.29) is 11.3 Å². The quantitative estimate of drug-likeness (QED) is 0.439. The van der Waals surface area contributed by atoms with E-state index in [0.29, 0.717) is 17.7 Å². The molecule has 1 amide bonds. The third-order valence-electron chi connectivity index (χ3n) is 5.84. The van der Waals surface area contributed by atoms with Gasteiger partial charge >= 0.3 is 0 Å². The summed E-state index contributed by atoms with van der Waals surface area (Å²) in [6, 6.07) is 10.2. The van der Waals surface area contributed by atoms with Gasteiger partial charge in [-0.05, 0) is 25.0 Å². The minimum absolute atomic E-state index is 0.119. The van der Waals surface area contributed by atoms with Crippen molar-refractivity contribution in [3.8, 4) is 0 Å². The minimum atomic E-state index is -0.654. The number of likely N-dealkylation sites (tertiary alicyclic amines) is 1. The number of aromatic nitrogens is 1. The SMILES string of the molecule is Cc1ccc(/C(O)=C2\C(=O)C(=O)N(CCCN3CCOCC3)[C@@H]2c2cccnc2)cc1. The topological polar surface area (TPSA) is 83.0 Å². The van der Waals surface area contributed by atoms with Crippen molar-refractivity contribution in [2.24, 2.45) is 0 Å². The van der Waals surface area contributed by atoms with E-state index in [2.05, 4.69) is 9.88 Å². The second-order valence-corrected chi connectivity index (χ2v) is 7.95. The fraction of sp³-hybridized carbons (Fsp3) is 0.375. The second-order valence-electron chi connectivity index (χ2n) is 7.95. The lowest BCUT2D eigenvalue weighted by Gasteiger charge is -2.29. The molecule has 4 rings (SSSR count). The maximum atomic E-state index is 13.0. The molecule has 2 aromatic rings. The monoisotopic (exact) mass is 421 g/mol. The van der Waals surface area contributed by atoms with E-state index in [1.54, 1.807) is 35.5 Å². The zero-order valence-corrected chi connectivity index (χ0v) is 17.7. The number of hydrogen-bond acceptors (Lipinski definition) is 6. The van der Waals surface area contributed by atoms with Gasteiger partial charge in [-0.1, -0.05) is 35.9 Å². The third-order valence-corrected chi connectivity index (χ3v) is 5.84. The van der Waals surface area contributed by atoms with Crippen LogP contribution in [0.2, 0.25) is 0 Å². The average Bonchev–Trinajstić information content (AvgIpc) is 3.05. The maximum absolute atomic E-state index is 13.0. The first-order valence-corrected chi connectivity index (χ1v) is 10.6. The number of aliphatic hydroxyl groups excluding tert-OH is 1. The van der Waals surface area contributed by atoms with Gasteiger partial charge in [-0.25, -0.2) is 0 Å². The number of ether oxygens (including phenoxy) is 1. The van der Waals surface area contributed by atoms with E-state index in [1.807, 2.05) is 25.1 Å². The molecule has 0 spiro atoms. The molecule has 2 fully saturated rings. The van der Waals surface area contributed by atoms with Gasteiger partial charge in [-0.15, -0.1) is 0 Å². The van der Waals surface area contributed by atoms with E-state index in [9.17, 15) is 14.7 Å². The maximum Gasteiger partial charge on any atom is 0.295 e. The number of pyridine rings is 1. The largest absolute Gasteiger partial charge is 0.507 e. The number of aliphatic hydroxyl groups is 1. The van der Waals surface area contributed by atoms with Gasteiger partial charge in [-0.3, -0.25) is 19.5 Å². The zero-order valence-electron chi connectivity index (χ0n) is 17.7. The molecule has 1 atom stereocenters. The van der Waals surface area contributed by atoms with E-state index in [4.69, 9.17) is 4.74 Å². The summed E-state index contributed by atoms with van der Waals surface area (Å²) < 4.78 is 5.38. The van der Waals surface area contributed by atoms with Crippen molar-refractivity contribution in [2.45, 2.75) is 19.4 Å². The minimum Gasteiger partial charge on any atom is -0.507 e. The van der Waals surface area contributed by atoms with Gasteiger partial charge in [-0.2, -0.15) is 0 Å². The summed E-state index contributed by atoms with van der Waals surface area (Å²) in [6.45, 7) is 6.38. The van der Waals surface area contributed by atoms with Crippen LogP contribution in [0.3, 0.4) is 0 Å². The normalized spacial score (nSPS) is 21.6. The van der Waals surface area contributed by atoms with E-state index in [1.165, 1.54) is 0 Å². The van der Waals surface area contributed by atoms with Gasteiger partial charge in [0.2, 0.25) is 0 Å². The Bertz CT molecular complexity index is 966. The van der Waals surface area contributed by atoms with Crippen LogP contribution < -0.4 is 0 Å². The molecule has 2 saturated heterocycles. The molecule has 0 bridgehead atoms. The van der Waals surface area contributed by atoms with Gasteiger partial charge in [0.05, 0.1) is 24.8 Å². The number of Topliss-reactive ketones (excluding diaryl/α,β-unsaturated/α-hetero) is 1. The molecule has 3 heterocycles. The van der Waals surface area contributed by atoms with Crippen LogP contribution >= 0.6 is 0 Å². The Morgan fingerprint density at radius 2 is 1.87 bits per heavy atom.